The van der Waals surface area contributed by atoms with Gasteiger partial charge in [-0.2, -0.15) is 5.10 Å². The summed E-state index contributed by atoms with van der Waals surface area (Å²) >= 11 is 5.78. The van der Waals surface area contributed by atoms with Crippen LogP contribution in [0.4, 0.5) is 4.39 Å². The summed E-state index contributed by atoms with van der Waals surface area (Å²) in [5.74, 6) is -0.666. The Balaban J connectivity index is 2.30. The van der Waals surface area contributed by atoms with Crippen LogP contribution >= 0.6 is 11.6 Å². The minimum absolute atomic E-state index is 0.0340. The van der Waals surface area contributed by atoms with E-state index in [9.17, 15) is 12.8 Å². The van der Waals surface area contributed by atoms with Gasteiger partial charge in [0.25, 0.3) is 0 Å². The molecule has 2 aromatic rings. The molecule has 0 bridgehead atoms. The van der Waals surface area contributed by atoms with Gasteiger partial charge in [0, 0.05) is 17.8 Å². The van der Waals surface area contributed by atoms with E-state index in [-0.39, 0.29) is 9.92 Å². The largest absolute Gasteiger partial charge is 0.285 e. The molecule has 0 spiro atoms. The van der Waals surface area contributed by atoms with Crippen LogP contribution in [0.25, 0.3) is 0 Å². The Bertz CT molecular complexity index is 673. The Morgan fingerprint density at radius 2 is 2.21 bits per heavy atom. The molecule has 0 aliphatic carbocycles. The molecule has 102 valence electrons. The molecule has 8 heteroatoms. The molecule has 19 heavy (non-hydrogen) atoms. The van der Waals surface area contributed by atoms with Gasteiger partial charge >= 0.3 is 0 Å². The molecule has 0 aliphatic rings. The third kappa shape index (κ3) is 3.12. The molecule has 1 aromatic carbocycles. The second kappa shape index (κ2) is 5.28. The van der Waals surface area contributed by atoms with E-state index in [1.165, 1.54) is 12.3 Å². The van der Waals surface area contributed by atoms with Gasteiger partial charge in [-0.25, -0.2) is 17.5 Å². The average molecular weight is 304 g/mol. The lowest BCUT2D eigenvalue weighted by atomic mass is 10.2. The van der Waals surface area contributed by atoms with Crippen molar-refractivity contribution >= 4 is 21.6 Å². The van der Waals surface area contributed by atoms with Gasteiger partial charge in [-0.05, 0) is 25.1 Å². The van der Waals surface area contributed by atoms with Crippen LogP contribution in [-0.4, -0.2) is 18.6 Å². The monoisotopic (exact) mass is 303 g/mol. The maximum atomic E-state index is 13.1. The minimum Gasteiger partial charge on any atom is -0.285 e. The number of rotatable bonds is 4. The standard InChI is InChI=1S/C11H11ClFN3O2S/c1-7(8-5-14-15-6-8)16-19(17,18)11-4-9(13)2-3-10(11)12/h2-7,16H,1H3,(H,14,15). The van der Waals surface area contributed by atoms with E-state index in [2.05, 4.69) is 14.9 Å². The Morgan fingerprint density at radius 1 is 1.47 bits per heavy atom. The summed E-state index contributed by atoms with van der Waals surface area (Å²) in [5.41, 5.74) is 0.663. The fourth-order valence-corrected chi connectivity index (χ4v) is 3.29. The zero-order valence-electron chi connectivity index (χ0n) is 9.89. The summed E-state index contributed by atoms with van der Waals surface area (Å²) in [4.78, 5) is -0.287. The van der Waals surface area contributed by atoms with E-state index < -0.39 is 21.9 Å². The fraction of sp³-hybridized carbons (Fsp3) is 0.182. The number of nitrogens with one attached hydrogen (secondary N) is 2. The predicted molar refractivity (Wildman–Crippen MR) is 68.7 cm³/mol. The molecule has 5 nitrogen and oxygen atoms in total. The molecule has 1 atom stereocenters. The highest BCUT2D eigenvalue weighted by Crippen LogP contribution is 2.24. The van der Waals surface area contributed by atoms with Gasteiger partial charge in [-0.3, -0.25) is 5.10 Å². The van der Waals surface area contributed by atoms with Gasteiger partial charge in [0.05, 0.1) is 11.2 Å². The predicted octanol–water partition coefficient (Wildman–Crippen LogP) is 2.24. The van der Waals surface area contributed by atoms with Crippen LogP contribution in [-0.2, 0) is 10.0 Å². The van der Waals surface area contributed by atoms with Crippen LogP contribution < -0.4 is 4.72 Å². The number of halogens is 2. The summed E-state index contributed by atoms with van der Waals surface area (Å²) in [6, 6.07) is 2.67. The van der Waals surface area contributed by atoms with E-state index >= 15 is 0 Å². The first-order chi connectivity index (χ1) is 8.90. The van der Waals surface area contributed by atoms with Gasteiger partial charge in [0.1, 0.15) is 10.7 Å². The number of benzene rings is 1. The van der Waals surface area contributed by atoms with Crippen LogP contribution in [0.15, 0.2) is 35.5 Å². The number of hydrogen-bond acceptors (Lipinski definition) is 3. The maximum Gasteiger partial charge on any atom is 0.242 e. The lowest BCUT2D eigenvalue weighted by molar-refractivity contribution is 0.564. The molecule has 0 saturated carbocycles. The highest BCUT2D eigenvalue weighted by Gasteiger charge is 2.22. The van der Waals surface area contributed by atoms with E-state index in [1.54, 1.807) is 13.1 Å². The first-order valence-corrected chi connectivity index (χ1v) is 7.22. The molecule has 0 aliphatic heterocycles. The Morgan fingerprint density at radius 3 is 2.84 bits per heavy atom. The first-order valence-electron chi connectivity index (χ1n) is 5.36. The molecule has 1 aromatic heterocycles. The van der Waals surface area contributed by atoms with Gasteiger partial charge < -0.3 is 0 Å². The second-order valence-electron chi connectivity index (χ2n) is 3.95. The number of aromatic amines is 1. The second-order valence-corrected chi connectivity index (χ2v) is 6.04. The highest BCUT2D eigenvalue weighted by molar-refractivity contribution is 7.89. The smallest absolute Gasteiger partial charge is 0.242 e. The van der Waals surface area contributed by atoms with Crippen molar-refractivity contribution < 1.29 is 12.8 Å². The van der Waals surface area contributed by atoms with Crippen molar-refractivity contribution in [3.05, 3.63) is 47.0 Å². The van der Waals surface area contributed by atoms with Gasteiger partial charge in [0.15, 0.2) is 0 Å². The average Bonchev–Trinajstić information content (AvgIpc) is 2.85. The van der Waals surface area contributed by atoms with E-state index in [0.29, 0.717) is 5.56 Å². The Labute approximate surface area is 114 Å². The van der Waals surface area contributed by atoms with Crippen LogP contribution in [0.5, 0.6) is 0 Å². The summed E-state index contributed by atoms with van der Waals surface area (Å²) in [5, 5.41) is 6.28. The number of aromatic nitrogens is 2. The van der Waals surface area contributed by atoms with Crippen LogP contribution in [0, 0.1) is 5.82 Å². The lowest BCUT2D eigenvalue weighted by Crippen LogP contribution is -2.27. The highest BCUT2D eigenvalue weighted by atomic mass is 35.5. The van der Waals surface area contributed by atoms with E-state index in [4.69, 9.17) is 11.6 Å². The van der Waals surface area contributed by atoms with Crippen LogP contribution in [0.3, 0.4) is 0 Å². The first kappa shape index (κ1) is 14.0. The van der Waals surface area contributed by atoms with Crippen molar-refractivity contribution in [1.82, 2.24) is 14.9 Å². The molecular formula is C11H11ClFN3O2S. The molecule has 2 rings (SSSR count). The number of sulfonamides is 1. The summed E-state index contributed by atoms with van der Waals surface area (Å²) < 4.78 is 39.8. The normalized spacial score (nSPS) is 13.4. The van der Waals surface area contributed by atoms with E-state index in [1.807, 2.05) is 0 Å². The Kier molecular flexibility index (Phi) is 3.88. The minimum atomic E-state index is -3.90. The molecule has 0 radical (unpaired) electrons. The molecule has 2 N–H and O–H groups in total. The van der Waals surface area contributed by atoms with Crippen molar-refractivity contribution in [2.75, 3.05) is 0 Å². The Hall–Kier alpha value is -1.44. The molecule has 0 saturated heterocycles. The van der Waals surface area contributed by atoms with Crippen molar-refractivity contribution in [2.24, 2.45) is 0 Å². The number of H-pyrrole nitrogens is 1. The van der Waals surface area contributed by atoms with Crippen LogP contribution in [0.2, 0.25) is 5.02 Å². The quantitative estimate of drug-likeness (QED) is 0.909. The summed E-state index contributed by atoms with van der Waals surface area (Å²) in [6.07, 6.45) is 3.07. The van der Waals surface area contributed by atoms with Gasteiger partial charge in [-0.15, -0.1) is 0 Å². The fourth-order valence-electron chi connectivity index (χ4n) is 1.55. The number of nitrogens with zero attached hydrogens (tertiary/aromatic N) is 1. The molecule has 0 amide bonds. The zero-order valence-corrected chi connectivity index (χ0v) is 11.5. The summed E-state index contributed by atoms with van der Waals surface area (Å²) in [6.45, 7) is 1.65. The third-order valence-corrected chi connectivity index (χ3v) is 4.56. The van der Waals surface area contributed by atoms with Gasteiger partial charge in [0.2, 0.25) is 10.0 Å². The van der Waals surface area contributed by atoms with Gasteiger partial charge in [-0.1, -0.05) is 11.6 Å². The molecule has 1 unspecified atom stereocenters. The van der Waals surface area contributed by atoms with Crippen molar-refractivity contribution in [2.45, 2.75) is 17.9 Å². The van der Waals surface area contributed by atoms with E-state index in [0.717, 1.165) is 12.1 Å². The third-order valence-electron chi connectivity index (χ3n) is 2.53. The topological polar surface area (TPSA) is 74.8 Å². The maximum absolute atomic E-state index is 13.1. The molecule has 1 heterocycles. The van der Waals surface area contributed by atoms with Crippen LogP contribution in [0.1, 0.15) is 18.5 Å². The molecular weight excluding hydrogens is 293 g/mol. The zero-order chi connectivity index (χ0) is 14.0. The summed E-state index contributed by atoms with van der Waals surface area (Å²) in [7, 11) is -3.90. The molecule has 0 fully saturated rings. The number of hydrogen-bond donors (Lipinski definition) is 2. The SMILES string of the molecule is CC(NS(=O)(=O)c1cc(F)ccc1Cl)c1cn[nH]c1. The van der Waals surface area contributed by atoms with Crippen molar-refractivity contribution in [1.29, 1.82) is 0 Å². The lowest BCUT2D eigenvalue weighted by Gasteiger charge is -2.13. The van der Waals surface area contributed by atoms with Crippen molar-refractivity contribution in [3.63, 3.8) is 0 Å². The van der Waals surface area contributed by atoms with Crippen molar-refractivity contribution in [3.8, 4) is 0 Å².